The van der Waals surface area contributed by atoms with E-state index in [0.29, 0.717) is 5.56 Å². The summed E-state index contributed by atoms with van der Waals surface area (Å²) in [4.78, 5) is 22.9. The van der Waals surface area contributed by atoms with Gasteiger partial charge in [-0.25, -0.2) is 0 Å². The zero-order valence-corrected chi connectivity index (χ0v) is 15.1. The van der Waals surface area contributed by atoms with E-state index in [-0.39, 0.29) is 32.9 Å². The van der Waals surface area contributed by atoms with Crippen LogP contribution in [0.5, 0.6) is 0 Å². The standard InChI is InChI=1S/C16H11ClN6O3S/c17-11-7-6-10(8-12(11)23(25)26)19-20-14-13(9-4-2-1-3-5-9)21-22(15(14)24)16(18)27/h1-8,19H,(H2,18,27)/b20-14+. The minimum Gasteiger partial charge on any atom is -0.374 e. The Morgan fingerprint density at radius 1 is 1.30 bits per heavy atom. The van der Waals surface area contributed by atoms with Crippen LogP contribution in [0, 0.1) is 10.1 Å². The van der Waals surface area contributed by atoms with E-state index in [1.807, 2.05) is 6.07 Å². The van der Waals surface area contributed by atoms with Crippen molar-refractivity contribution < 1.29 is 9.72 Å². The number of amides is 1. The maximum Gasteiger partial charge on any atom is 0.303 e. The Labute approximate surface area is 163 Å². The van der Waals surface area contributed by atoms with Crippen molar-refractivity contribution in [2.45, 2.75) is 0 Å². The molecule has 27 heavy (non-hydrogen) atoms. The molecule has 0 saturated carbocycles. The highest BCUT2D eigenvalue weighted by molar-refractivity contribution is 7.80. The number of thiocarbonyl (C=S) groups is 1. The minimum atomic E-state index is -0.618. The molecule has 0 saturated heterocycles. The number of anilines is 1. The number of nitrogens with one attached hydrogen (secondary N) is 1. The van der Waals surface area contributed by atoms with E-state index in [9.17, 15) is 14.9 Å². The van der Waals surface area contributed by atoms with Gasteiger partial charge in [0, 0.05) is 11.6 Å². The van der Waals surface area contributed by atoms with E-state index in [1.54, 1.807) is 24.3 Å². The van der Waals surface area contributed by atoms with Gasteiger partial charge < -0.3 is 5.73 Å². The predicted molar refractivity (Wildman–Crippen MR) is 106 cm³/mol. The number of nitro benzene ring substituents is 1. The third-order valence-corrected chi connectivity index (χ3v) is 4.01. The van der Waals surface area contributed by atoms with E-state index in [4.69, 9.17) is 29.6 Å². The minimum absolute atomic E-state index is 0.0126. The molecule has 2 aromatic rings. The molecule has 0 aromatic heterocycles. The summed E-state index contributed by atoms with van der Waals surface area (Å²) in [5, 5.41) is 19.8. The van der Waals surface area contributed by atoms with Crippen LogP contribution in [0.2, 0.25) is 5.02 Å². The molecule has 3 N–H and O–H groups in total. The van der Waals surface area contributed by atoms with Gasteiger partial charge in [-0.05, 0) is 24.4 Å². The number of rotatable bonds is 4. The van der Waals surface area contributed by atoms with Crippen LogP contribution in [0.15, 0.2) is 58.7 Å². The number of nitrogens with two attached hydrogens (primary N) is 1. The lowest BCUT2D eigenvalue weighted by molar-refractivity contribution is -0.384. The SMILES string of the molecule is NC(=S)N1N=C(c2ccccc2)/C(=N\Nc2ccc(Cl)c([N+](=O)[O-])c2)C1=O. The smallest absolute Gasteiger partial charge is 0.303 e. The number of hydrazone groups is 2. The molecule has 136 valence electrons. The van der Waals surface area contributed by atoms with Gasteiger partial charge in [-0.1, -0.05) is 41.9 Å². The van der Waals surface area contributed by atoms with Gasteiger partial charge in [0.1, 0.15) is 10.7 Å². The first kappa shape index (κ1) is 18.4. The number of hydrogen-bond donors (Lipinski definition) is 2. The molecule has 1 aliphatic rings. The molecule has 0 unspecified atom stereocenters. The summed E-state index contributed by atoms with van der Waals surface area (Å²) in [6.45, 7) is 0. The zero-order chi connectivity index (χ0) is 19.6. The van der Waals surface area contributed by atoms with Gasteiger partial charge >= 0.3 is 5.91 Å². The van der Waals surface area contributed by atoms with Crippen molar-refractivity contribution >= 4 is 57.6 Å². The molecule has 2 aromatic carbocycles. The predicted octanol–water partition coefficient (Wildman–Crippen LogP) is 2.51. The van der Waals surface area contributed by atoms with Crippen LogP contribution in [-0.2, 0) is 4.79 Å². The van der Waals surface area contributed by atoms with Gasteiger partial charge in [0.05, 0.1) is 10.6 Å². The molecule has 11 heteroatoms. The van der Waals surface area contributed by atoms with Crippen molar-refractivity contribution in [3.8, 4) is 0 Å². The monoisotopic (exact) mass is 402 g/mol. The Kier molecular flexibility index (Phi) is 5.10. The van der Waals surface area contributed by atoms with Crippen molar-refractivity contribution in [3.63, 3.8) is 0 Å². The molecule has 0 radical (unpaired) electrons. The molecular formula is C16H11ClN6O3S. The van der Waals surface area contributed by atoms with Crippen LogP contribution in [0.3, 0.4) is 0 Å². The lowest BCUT2D eigenvalue weighted by Gasteiger charge is -2.07. The normalized spacial score (nSPS) is 15.0. The zero-order valence-electron chi connectivity index (χ0n) is 13.5. The van der Waals surface area contributed by atoms with Crippen LogP contribution < -0.4 is 11.2 Å². The summed E-state index contributed by atoms with van der Waals surface area (Å²) in [5.74, 6) is -0.614. The average molecular weight is 403 g/mol. The third kappa shape index (κ3) is 3.76. The van der Waals surface area contributed by atoms with E-state index >= 15 is 0 Å². The molecule has 3 rings (SSSR count). The molecule has 1 aliphatic heterocycles. The first-order valence-electron chi connectivity index (χ1n) is 7.44. The maximum absolute atomic E-state index is 12.5. The number of nitrogens with zero attached hydrogens (tertiary/aromatic N) is 4. The molecule has 1 amide bonds. The summed E-state index contributed by atoms with van der Waals surface area (Å²) < 4.78 is 0. The molecule has 0 fully saturated rings. The highest BCUT2D eigenvalue weighted by Crippen LogP contribution is 2.27. The van der Waals surface area contributed by atoms with Crippen molar-refractivity contribution in [2.24, 2.45) is 15.9 Å². The largest absolute Gasteiger partial charge is 0.374 e. The Hall–Kier alpha value is -3.37. The maximum atomic E-state index is 12.5. The van der Waals surface area contributed by atoms with Gasteiger partial charge in [-0.3, -0.25) is 20.3 Å². The number of hydrogen-bond acceptors (Lipinski definition) is 7. The quantitative estimate of drug-likeness (QED) is 0.459. The fourth-order valence-electron chi connectivity index (χ4n) is 2.28. The Morgan fingerprint density at radius 3 is 2.63 bits per heavy atom. The highest BCUT2D eigenvalue weighted by Gasteiger charge is 2.34. The molecular weight excluding hydrogens is 392 g/mol. The second-order valence-electron chi connectivity index (χ2n) is 5.27. The number of carbonyl (C=O) groups is 1. The van der Waals surface area contributed by atoms with Crippen molar-refractivity contribution in [2.75, 3.05) is 5.43 Å². The highest BCUT2D eigenvalue weighted by atomic mass is 35.5. The molecule has 9 nitrogen and oxygen atoms in total. The second-order valence-corrected chi connectivity index (χ2v) is 6.09. The van der Waals surface area contributed by atoms with Crippen molar-refractivity contribution in [1.82, 2.24) is 5.01 Å². The summed E-state index contributed by atoms with van der Waals surface area (Å²) in [5.41, 5.74) is 8.99. The van der Waals surface area contributed by atoms with Crippen LogP contribution in [0.4, 0.5) is 11.4 Å². The second kappa shape index (κ2) is 7.48. The summed E-state index contributed by atoms with van der Waals surface area (Å²) in [6.07, 6.45) is 0. The van der Waals surface area contributed by atoms with E-state index in [1.165, 1.54) is 18.2 Å². The average Bonchev–Trinajstić information content (AvgIpc) is 2.98. The van der Waals surface area contributed by atoms with E-state index in [2.05, 4.69) is 15.6 Å². The van der Waals surface area contributed by atoms with E-state index < -0.39 is 10.8 Å². The van der Waals surface area contributed by atoms with Crippen LogP contribution in [-0.4, -0.2) is 32.4 Å². The van der Waals surface area contributed by atoms with Crippen LogP contribution in [0.25, 0.3) is 0 Å². The van der Waals surface area contributed by atoms with Gasteiger partial charge in [0.25, 0.3) is 5.69 Å². The summed E-state index contributed by atoms with van der Waals surface area (Å²) in [7, 11) is 0. The summed E-state index contributed by atoms with van der Waals surface area (Å²) in [6, 6.07) is 12.9. The van der Waals surface area contributed by atoms with Crippen molar-refractivity contribution in [3.05, 3.63) is 69.2 Å². The fraction of sp³-hybridized carbons (Fsp3) is 0. The first-order valence-corrected chi connectivity index (χ1v) is 8.23. The number of carbonyl (C=O) groups excluding carboxylic acids is 1. The summed E-state index contributed by atoms with van der Waals surface area (Å²) >= 11 is 10.6. The topological polar surface area (TPSA) is 126 Å². The molecule has 0 spiro atoms. The van der Waals surface area contributed by atoms with Crippen molar-refractivity contribution in [1.29, 1.82) is 0 Å². The van der Waals surface area contributed by atoms with Crippen LogP contribution in [0.1, 0.15) is 5.56 Å². The fourth-order valence-corrected chi connectivity index (χ4v) is 2.59. The number of halogens is 1. The van der Waals surface area contributed by atoms with Gasteiger partial charge in [0.15, 0.2) is 10.8 Å². The van der Waals surface area contributed by atoms with Gasteiger partial charge in [0.2, 0.25) is 0 Å². The molecule has 1 heterocycles. The molecule has 0 atom stereocenters. The lowest BCUT2D eigenvalue weighted by atomic mass is 10.1. The van der Waals surface area contributed by atoms with Gasteiger partial charge in [-0.15, -0.1) is 0 Å². The number of benzene rings is 2. The Bertz CT molecular complexity index is 1010. The third-order valence-electron chi connectivity index (χ3n) is 3.51. The Balaban J connectivity index is 1.97. The first-order chi connectivity index (χ1) is 12.9. The molecule has 0 bridgehead atoms. The van der Waals surface area contributed by atoms with E-state index in [0.717, 1.165) is 5.01 Å². The van der Waals surface area contributed by atoms with Crippen LogP contribution >= 0.6 is 23.8 Å². The Morgan fingerprint density at radius 2 is 2.00 bits per heavy atom. The van der Waals surface area contributed by atoms with Gasteiger partial charge in [-0.2, -0.15) is 15.2 Å². The number of nitro groups is 1. The lowest BCUT2D eigenvalue weighted by Crippen LogP contribution is -2.36. The molecule has 0 aliphatic carbocycles.